The Kier molecular flexibility index (Phi) is 5.92. The minimum Gasteiger partial charge on any atom is -0.384 e. The van der Waals surface area contributed by atoms with Crippen LogP contribution >= 0.6 is 0 Å². The minimum absolute atomic E-state index is 0.0373. The van der Waals surface area contributed by atoms with E-state index in [9.17, 15) is 9.18 Å². The van der Waals surface area contributed by atoms with Gasteiger partial charge in [0.1, 0.15) is 5.82 Å². The van der Waals surface area contributed by atoms with Gasteiger partial charge in [0.15, 0.2) is 0 Å². The molecule has 3 rings (SSSR count). The van der Waals surface area contributed by atoms with Crippen LogP contribution in [0.1, 0.15) is 34.6 Å². The molecule has 1 aromatic heterocycles. The lowest BCUT2D eigenvalue weighted by Gasteiger charge is -2.37. The SMILES string of the molecule is COCC1(CNC(=O)c2c(C)nn(-c3ccc(F)cc3)c2C)CCNCC1. The molecule has 1 fully saturated rings. The summed E-state index contributed by atoms with van der Waals surface area (Å²) in [4.78, 5) is 12.9. The molecule has 0 aliphatic carbocycles. The number of rotatable bonds is 6. The van der Waals surface area contributed by atoms with Gasteiger partial charge in [-0.2, -0.15) is 5.10 Å². The Hall–Kier alpha value is -2.25. The highest BCUT2D eigenvalue weighted by atomic mass is 19.1. The van der Waals surface area contributed by atoms with Gasteiger partial charge in [-0.25, -0.2) is 9.07 Å². The molecule has 0 saturated carbocycles. The first-order chi connectivity index (χ1) is 13.0. The summed E-state index contributed by atoms with van der Waals surface area (Å²) in [7, 11) is 1.70. The van der Waals surface area contributed by atoms with E-state index in [1.807, 2.05) is 13.8 Å². The van der Waals surface area contributed by atoms with E-state index in [0.29, 0.717) is 24.4 Å². The molecule has 0 spiro atoms. The second kappa shape index (κ2) is 8.19. The average Bonchev–Trinajstić information content (AvgIpc) is 2.96. The van der Waals surface area contributed by atoms with Crippen LogP contribution < -0.4 is 10.6 Å². The molecular formula is C20H27FN4O2. The summed E-state index contributed by atoms with van der Waals surface area (Å²) in [6.07, 6.45) is 1.93. The predicted molar refractivity (Wildman–Crippen MR) is 102 cm³/mol. The van der Waals surface area contributed by atoms with Crippen LogP contribution in [-0.2, 0) is 4.74 Å². The number of piperidine rings is 1. The summed E-state index contributed by atoms with van der Waals surface area (Å²) in [5.41, 5.74) is 2.65. The van der Waals surface area contributed by atoms with Crippen molar-refractivity contribution in [3.63, 3.8) is 0 Å². The van der Waals surface area contributed by atoms with Crippen LogP contribution in [0.4, 0.5) is 4.39 Å². The molecule has 1 aliphatic heterocycles. The van der Waals surface area contributed by atoms with E-state index in [1.165, 1.54) is 12.1 Å². The number of aryl methyl sites for hydroxylation is 1. The number of benzene rings is 1. The van der Waals surface area contributed by atoms with Gasteiger partial charge in [-0.15, -0.1) is 0 Å². The zero-order chi connectivity index (χ0) is 19.4. The molecule has 1 amide bonds. The number of carbonyl (C=O) groups excluding carboxylic acids is 1. The van der Waals surface area contributed by atoms with Gasteiger partial charge in [0.2, 0.25) is 0 Å². The second-order valence-corrected chi connectivity index (χ2v) is 7.30. The summed E-state index contributed by atoms with van der Waals surface area (Å²) in [6, 6.07) is 6.08. The van der Waals surface area contributed by atoms with Crippen LogP contribution in [0.5, 0.6) is 0 Å². The number of ether oxygens (including phenoxy) is 1. The Morgan fingerprint density at radius 3 is 2.59 bits per heavy atom. The maximum absolute atomic E-state index is 13.2. The maximum Gasteiger partial charge on any atom is 0.255 e. The van der Waals surface area contributed by atoms with E-state index < -0.39 is 0 Å². The fourth-order valence-corrected chi connectivity index (χ4v) is 3.80. The molecule has 7 heteroatoms. The molecule has 2 N–H and O–H groups in total. The molecule has 27 heavy (non-hydrogen) atoms. The van der Waals surface area contributed by atoms with Crippen molar-refractivity contribution in [1.29, 1.82) is 0 Å². The van der Waals surface area contributed by atoms with Gasteiger partial charge in [-0.05, 0) is 64.0 Å². The molecule has 6 nitrogen and oxygen atoms in total. The standard InChI is InChI=1S/C20H27FN4O2/c1-14-18(15(2)25(24-14)17-6-4-16(21)5-7-17)19(26)23-12-20(13-27-3)8-10-22-11-9-20/h4-7,22H,8-13H2,1-3H3,(H,23,26). The van der Waals surface area contributed by atoms with Crippen LogP contribution in [0.25, 0.3) is 5.69 Å². The first-order valence-electron chi connectivity index (χ1n) is 9.26. The van der Waals surface area contributed by atoms with Crippen molar-refractivity contribution in [3.8, 4) is 5.69 Å². The first kappa shape index (κ1) is 19.5. The lowest BCUT2D eigenvalue weighted by atomic mass is 9.79. The van der Waals surface area contributed by atoms with Crippen molar-refractivity contribution in [3.05, 3.63) is 47.0 Å². The van der Waals surface area contributed by atoms with E-state index in [1.54, 1.807) is 23.9 Å². The van der Waals surface area contributed by atoms with E-state index >= 15 is 0 Å². The van der Waals surface area contributed by atoms with E-state index in [0.717, 1.165) is 37.3 Å². The van der Waals surface area contributed by atoms with Gasteiger partial charge in [0, 0.05) is 19.1 Å². The number of aromatic nitrogens is 2. The van der Waals surface area contributed by atoms with Gasteiger partial charge in [-0.3, -0.25) is 4.79 Å². The number of hydrogen-bond donors (Lipinski definition) is 2. The van der Waals surface area contributed by atoms with E-state index in [-0.39, 0.29) is 17.1 Å². The van der Waals surface area contributed by atoms with Gasteiger partial charge in [0.25, 0.3) is 5.91 Å². The number of nitrogens with zero attached hydrogens (tertiary/aromatic N) is 2. The second-order valence-electron chi connectivity index (χ2n) is 7.30. The molecule has 146 valence electrons. The highest BCUT2D eigenvalue weighted by molar-refractivity contribution is 5.96. The number of methoxy groups -OCH3 is 1. The largest absolute Gasteiger partial charge is 0.384 e. The predicted octanol–water partition coefficient (Wildman–Crippen LogP) is 2.37. The fourth-order valence-electron chi connectivity index (χ4n) is 3.80. The number of halogens is 1. The lowest BCUT2D eigenvalue weighted by molar-refractivity contribution is 0.0511. The molecule has 1 aliphatic rings. The van der Waals surface area contributed by atoms with Gasteiger partial charge < -0.3 is 15.4 Å². The molecule has 1 saturated heterocycles. The normalized spacial score (nSPS) is 16.3. The maximum atomic E-state index is 13.2. The van der Waals surface area contributed by atoms with Crippen molar-refractivity contribution < 1.29 is 13.9 Å². The highest BCUT2D eigenvalue weighted by Crippen LogP contribution is 2.28. The lowest BCUT2D eigenvalue weighted by Crippen LogP contribution is -2.47. The Morgan fingerprint density at radius 2 is 1.96 bits per heavy atom. The van der Waals surface area contributed by atoms with Gasteiger partial charge >= 0.3 is 0 Å². The molecule has 0 unspecified atom stereocenters. The third-order valence-corrected chi connectivity index (χ3v) is 5.33. The molecular weight excluding hydrogens is 347 g/mol. The number of amides is 1. The quantitative estimate of drug-likeness (QED) is 0.815. The number of carbonyl (C=O) groups is 1. The van der Waals surface area contributed by atoms with E-state index in [4.69, 9.17) is 4.74 Å². The van der Waals surface area contributed by atoms with Crippen LogP contribution in [0.2, 0.25) is 0 Å². The Labute approximate surface area is 159 Å². The van der Waals surface area contributed by atoms with Crippen molar-refractivity contribution in [2.24, 2.45) is 5.41 Å². The summed E-state index contributed by atoms with van der Waals surface area (Å²) >= 11 is 0. The smallest absolute Gasteiger partial charge is 0.255 e. The molecule has 1 aromatic carbocycles. The van der Waals surface area contributed by atoms with Crippen LogP contribution in [0, 0.1) is 25.1 Å². The fraction of sp³-hybridized carbons (Fsp3) is 0.500. The number of nitrogens with one attached hydrogen (secondary N) is 2. The van der Waals surface area contributed by atoms with Gasteiger partial charge in [-0.1, -0.05) is 0 Å². The summed E-state index contributed by atoms with van der Waals surface area (Å²) < 4.78 is 20.3. The zero-order valence-electron chi connectivity index (χ0n) is 16.1. The topological polar surface area (TPSA) is 68.2 Å². The highest BCUT2D eigenvalue weighted by Gasteiger charge is 2.33. The molecule has 0 atom stereocenters. The molecule has 2 heterocycles. The Balaban J connectivity index is 1.77. The molecule has 2 aromatic rings. The van der Waals surface area contributed by atoms with Crippen LogP contribution in [0.15, 0.2) is 24.3 Å². The molecule has 0 radical (unpaired) electrons. The summed E-state index contributed by atoms with van der Waals surface area (Å²) in [5.74, 6) is -0.434. The Bertz CT molecular complexity index is 790. The minimum atomic E-state index is -0.302. The zero-order valence-corrected chi connectivity index (χ0v) is 16.1. The average molecular weight is 374 g/mol. The van der Waals surface area contributed by atoms with Crippen LogP contribution in [-0.4, -0.2) is 49.0 Å². The molecule has 0 bridgehead atoms. The Morgan fingerprint density at radius 1 is 1.30 bits per heavy atom. The first-order valence-corrected chi connectivity index (χ1v) is 9.26. The van der Waals surface area contributed by atoms with Gasteiger partial charge in [0.05, 0.1) is 29.2 Å². The summed E-state index contributed by atoms with van der Waals surface area (Å²) in [5, 5.41) is 10.9. The van der Waals surface area contributed by atoms with E-state index in [2.05, 4.69) is 15.7 Å². The van der Waals surface area contributed by atoms with Crippen molar-refractivity contribution >= 4 is 5.91 Å². The van der Waals surface area contributed by atoms with Crippen molar-refractivity contribution in [1.82, 2.24) is 20.4 Å². The summed E-state index contributed by atoms with van der Waals surface area (Å²) in [6.45, 7) is 6.73. The van der Waals surface area contributed by atoms with Crippen LogP contribution in [0.3, 0.4) is 0 Å². The number of hydrogen-bond acceptors (Lipinski definition) is 4. The van der Waals surface area contributed by atoms with Crippen molar-refractivity contribution in [2.45, 2.75) is 26.7 Å². The van der Waals surface area contributed by atoms with Crippen molar-refractivity contribution in [2.75, 3.05) is 33.4 Å². The monoisotopic (exact) mass is 374 g/mol. The third kappa shape index (κ3) is 4.20. The third-order valence-electron chi connectivity index (χ3n) is 5.33.